The first kappa shape index (κ1) is 16.5. The van der Waals surface area contributed by atoms with E-state index in [0.717, 1.165) is 32.3 Å². The van der Waals surface area contributed by atoms with E-state index in [9.17, 15) is 0 Å². The van der Waals surface area contributed by atoms with E-state index >= 15 is 0 Å². The predicted molar refractivity (Wildman–Crippen MR) is 84.7 cm³/mol. The van der Waals surface area contributed by atoms with Crippen LogP contribution in [-0.2, 0) is 18.2 Å². The van der Waals surface area contributed by atoms with Crippen molar-refractivity contribution in [1.82, 2.24) is 15.2 Å². The van der Waals surface area contributed by atoms with E-state index in [2.05, 4.69) is 23.5 Å². The Morgan fingerprint density at radius 2 is 2.10 bits per heavy atom. The lowest BCUT2D eigenvalue weighted by Crippen LogP contribution is -2.55. The molecular weight excluding hydrogens is 264 g/mol. The lowest BCUT2D eigenvalue weighted by atomic mass is 9.83. The average Bonchev–Trinajstić information content (AvgIpc) is 2.74. The number of rotatable bonds is 7. The smallest absolute Gasteiger partial charge is 0.0848 e. The number of nitrogens with two attached hydrogens (primary N) is 1. The summed E-state index contributed by atoms with van der Waals surface area (Å²) in [7, 11) is 1.99. The molecule has 1 fully saturated rings. The highest BCUT2D eigenvalue weighted by molar-refractivity contribution is 5.02. The van der Waals surface area contributed by atoms with Crippen molar-refractivity contribution in [2.45, 2.75) is 69.9 Å². The monoisotopic (exact) mass is 294 g/mol. The molecule has 0 bridgehead atoms. The van der Waals surface area contributed by atoms with E-state index in [1.807, 2.05) is 17.9 Å². The Morgan fingerprint density at radius 1 is 1.38 bits per heavy atom. The van der Waals surface area contributed by atoms with Crippen LogP contribution in [-0.4, -0.2) is 28.0 Å². The Bertz CT molecular complexity index is 410. The van der Waals surface area contributed by atoms with Crippen LogP contribution in [0.25, 0.3) is 0 Å². The Hall–Kier alpha value is -0.910. The van der Waals surface area contributed by atoms with Gasteiger partial charge in [0.15, 0.2) is 0 Å². The molecule has 5 heteroatoms. The molecule has 0 aromatic carbocycles. The quantitative estimate of drug-likeness (QED) is 0.460. The fourth-order valence-corrected chi connectivity index (χ4v) is 3.64. The molecule has 3 N–H and O–H groups in total. The Balaban J connectivity index is 2.05. The third-order valence-corrected chi connectivity index (χ3v) is 4.83. The molecule has 1 unspecified atom stereocenters. The number of nitrogens with zero attached hydrogens (tertiary/aromatic N) is 2. The van der Waals surface area contributed by atoms with E-state index in [1.165, 1.54) is 31.4 Å². The number of hydrogen-bond donors (Lipinski definition) is 2. The van der Waals surface area contributed by atoms with Crippen LogP contribution in [0.1, 0.15) is 57.6 Å². The van der Waals surface area contributed by atoms with E-state index in [4.69, 9.17) is 10.6 Å². The van der Waals surface area contributed by atoms with Crippen LogP contribution in [0.15, 0.2) is 12.3 Å². The summed E-state index contributed by atoms with van der Waals surface area (Å²) in [5.41, 5.74) is 4.20. The summed E-state index contributed by atoms with van der Waals surface area (Å²) >= 11 is 0. The molecule has 21 heavy (non-hydrogen) atoms. The maximum Gasteiger partial charge on any atom is 0.0848 e. The zero-order chi connectivity index (χ0) is 15.1. The molecule has 0 amide bonds. The van der Waals surface area contributed by atoms with Gasteiger partial charge in [0.2, 0.25) is 0 Å². The average molecular weight is 294 g/mol. The molecule has 1 saturated carbocycles. The van der Waals surface area contributed by atoms with Crippen LogP contribution in [0.2, 0.25) is 0 Å². The molecular formula is C16H30N4O. The molecule has 0 spiro atoms. The minimum atomic E-state index is -0.0986. The van der Waals surface area contributed by atoms with Crippen molar-refractivity contribution in [3.63, 3.8) is 0 Å². The van der Waals surface area contributed by atoms with Gasteiger partial charge in [0.05, 0.1) is 11.6 Å². The Morgan fingerprint density at radius 3 is 2.62 bits per heavy atom. The topological polar surface area (TPSA) is 65.1 Å². The fraction of sp³-hybridized carbons (Fsp3) is 0.812. The highest BCUT2D eigenvalue weighted by Crippen LogP contribution is 2.35. The number of ether oxygens (including phenoxy) is 1. The third kappa shape index (κ3) is 4.05. The van der Waals surface area contributed by atoms with Gasteiger partial charge < -0.3 is 4.74 Å². The number of nitrogens with one attached hydrogen (secondary N) is 1. The van der Waals surface area contributed by atoms with Crippen LogP contribution < -0.4 is 11.3 Å². The minimum Gasteiger partial charge on any atom is -0.374 e. The maximum atomic E-state index is 6.24. The molecule has 1 aliphatic rings. The van der Waals surface area contributed by atoms with Gasteiger partial charge in [-0.15, -0.1) is 0 Å². The van der Waals surface area contributed by atoms with Gasteiger partial charge in [0.1, 0.15) is 0 Å². The summed E-state index contributed by atoms with van der Waals surface area (Å²) in [6, 6.07) is 2.28. The Kier molecular flexibility index (Phi) is 6.21. The fourth-order valence-electron chi connectivity index (χ4n) is 3.64. The van der Waals surface area contributed by atoms with Gasteiger partial charge in [-0.05, 0) is 38.7 Å². The standard InChI is InChI=1S/C16H30N4O/c1-3-21-16(11-6-4-5-7-12-16)15(19-17)9-8-14-10-13-18-20(14)2/h10,13,15,19H,3-9,11-12,17H2,1-2H3. The normalized spacial score (nSPS) is 20.1. The second kappa shape index (κ2) is 7.92. The van der Waals surface area contributed by atoms with E-state index in [-0.39, 0.29) is 11.6 Å². The van der Waals surface area contributed by atoms with Gasteiger partial charge in [-0.1, -0.05) is 25.7 Å². The van der Waals surface area contributed by atoms with Gasteiger partial charge in [-0.3, -0.25) is 16.0 Å². The highest BCUT2D eigenvalue weighted by Gasteiger charge is 2.39. The van der Waals surface area contributed by atoms with Crippen molar-refractivity contribution < 1.29 is 4.74 Å². The van der Waals surface area contributed by atoms with Crippen molar-refractivity contribution in [3.8, 4) is 0 Å². The van der Waals surface area contributed by atoms with Crippen LogP contribution >= 0.6 is 0 Å². The molecule has 1 aromatic rings. The summed E-state index contributed by atoms with van der Waals surface area (Å²) in [5.74, 6) is 5.90. The molecule has 5 nitrogen and oxygen atoms in total. The van der Waals surface area contributed by atoms with Gasteiger partial charge in [-0.25, -0.2) is 0 Å². The first-order chi connectivity index (χ1) is 10.2. The number of aromatic nitrogens is 2. The molecule has 1 aliphatic carbocycles. The van der Waals surface area contributed by atoms with E-state index in [0.29, 0.717) is 0 Å². The second-order valence-corrected chi connectivity index (χ2v) is 6.12. The third-order valence-electron chi connectivity index (χ3n) is 4.83. The van der Waals surface area contributed by atoms with Crippen molar-refractivity contribution in [1.29, 1.82) is 0 Å². The summed E-state index contributed by atoms with van der Waals surface area (Å²) < 4.78 is 8.18. The minimum absolute atomic E-state index is 0.0986. The maximum absolute atomic E-state index is 6.24. The van der Waals surface area contributed by atoms with Gasteiger partial charge in [-0.2, -0.15) is 5.10 Å². The number of aryl methyl sites for hydroxylation is 2. The van der Waals surface area contributed by atoms with Crippen LogP contribution in [0.5, 0.6) is 0 Å². The van der Waals surface area contributed by atoms with Crippen LogP contribution in [0.3, 0.4) is 0 Å². The number of hydrogen-bond acceptors (Lipinski definition) is 4. The molecule has 2 rings (SSSR count). The van der Waals surface area contributed by atoms with E-state index in [1.54, 1.807) is 0 Å². The molecule has 1 aromatic heterocycles. The van der Waals surface area contributed by atoms with Gasteiger partial charge in [0.25, 0.3) is 0 Å². The predicted octanol–water partition coefficient (Wildman–Crippen LogP) is 2.31. The highest BCUT2D eigenvalue weighted by atomic mass is 16.5. The SMILES string of the molecule is CCOC1(C(CCc2ccnn2C)NN)CCCCCC1. The lowest BCUT2D eigenvalue weighted by molar-refractivity contribution is -0.0786. The summed E-state index contributed by atoms with van der Waals surface area (Å²) in [6.45, 7) is 2.84. The molecule has 120 valence electrons. The zero-order valence-corrected chi connectivity index (χ0v) is 13.5. The second-order valence-electron chi connectivity index (χ2n) is 6.12. The van der Waals surface area contributed by atoms with Crippen molar-refractivity contribution >= 4 is 0 Å². The number of hydrazine groups is 1. The Labute approximate surface area is 128 Å². The molecule has 0 radical (unpaired) electrons. The van der Waals surface area contributed by atoms with Crippen LogP contribution in [0, 0.1) is 0 Å². The van der Waals surface area contributed by atoms with Crippen molar-refractivity contribution in [3.05, 3.63) is 18.0 Å². The summed E-state index contributed by atoms with van der Waals surface area (Å²) in [5, 5.41) is 4.24. The van der Waals surface area contributed by atoms with Crippen LogP contribution in [0.4, 0.5) is 0 Å². The molecule has 1 heterocycles. The van der Waals surface area contributed by atoms with E-state index < -0.39 is 0 Å². The van der Waals surface area contributed by atoms with Crippen molar-refractivity contribution in [2.75, 3.05) is 6.61 Å². The summed E-state index contributed by atoms with van der Waals surface area (Å²) in [6.07, 6.45) is 11.1. The molecule has 0 saturated heterocycles. The lowest BCUT2D eigenvalue weighted by Gasteiger charge is -2.40. The first-order valence-electron chi connectivity index (χ1n) is 8.29. The van der Waals surface area contributed by atoms with Gasteiger partial charge >= 0.3 is 0 Å². The van der Waals surface area contributed by atoms with Crippen molar-refractivity contribution in [2.24, 2.45) is 12.9 Å². The summed E-state index contributed by atoms with van der Waals surface area (Å²) in [4.78, 5) is 0. The first-order valence-corrected chi connectivity index (χ1v) is 8.29. The van der Waals surface area contributed by atoms with Gasteiger partial charge in [0, 0.05) is 25.5 Å². The largest absolute Gasteiger partial charge is 0.374 e. The molecule has 1 atom stereocenters. The molecule has 0 aliphatic heterocycles. The zero-order valence-electron chi connectivity index (χ0n) is 13.5.